The fraction of sp³-hybridized carbons (Fsp3) is 0.480. The third-order valence-electron chi connectivity index (χ3n) is 6.46. The fourth-order valence-electron chi connectivity index (χ4n) is 5.31. The number of fused-ring (bicyclic) bond motifs is 4. The average Bonchev–Trinajstić information content (AvgIpc) is 2.97. The van der Waals surface area contributed by atoms with Crippen LogP contribution in [0.4, 0.5) is 16.2 Å². The van der Waals surface area contributed by atoms with Gasteiger partial charge in [0.25, 0.3) is 0 Å². The summed E-state index contributed by atoms with van der Waals surface area (Å²) in [6.07, 6.45) is 3.96. The van der Waals surface area contributed by atoms with E-state index in [1.807, 2.05) is 62.1 Å². The van der Waals surface area contributed by atoms with Gasteiger partial charge in [-0.3, -0.25) is 0 Å². The number of benzene rings is 2. The summed E-state index contributed by atoms with van der Waals surface area (Å²) in [5, 5.41) is 0.668. The number of amides is 1. The first-order valence-corrected chi connectivity index (χ1v) is 11.5. The highest BCUT2D eigenvalue weighted by molar-refractivity contribution is 6.30. The van der Waals surface area contributed by atoms with Crippen LogP contribution in [0.15, 0.2) is 42.5 Å². The van der Waals surface area contributed by atoms with Gasteiger partial charge in [0.15, 0.2) is 11.5 Å². The zero-order valence-electron chi connectivity index (χ0n) is 18.3. The Balaban J connectivity index is 1.37. The number of anilines is 2. The van der Waals surface area contributed by atoms with Crippen molar-refractivity contribution in [3.63, 3.8) is 0 Å². The van der Waals surface area contributed by atoms with E-state index in [1.165, 1.54) is 0 Å². The number of carbonyl (C=O) groups excluding carboxylic acids is 1. The Hall–Kier alpha value is -2.40. The van der Waals surface area contributed by atoms with E-state index in [0.717, 1.165) is 55.1 Å². The van der Waals surface area contributed by atoms with Crippen LogP contribution in [0.2, 0.25) is 5.02 Å². The molecule has 3 heterocycles. The minimum absolute atomic E-state index is 0.157. The van der Waals surface area contributed by atoms with Gasteiger partial charge in [-0.1, -0.05) is 23.7 Å². The summed E-state index contributed by atoms with van der Waals surface area (Å²) in [7, 11) is 0. The minimum atomic E-state index is -0.462. The van der Waals surface area contributed by atoms with Crippen LogP contribution in [0.3, 0.4) is 0 Å². The lowest BCUT2D eigenvalue weighted by atomic mass is 9.90. The standard InChI is InChI=1S/C25H29ClN2O3/c1-25(2,3)31-24(29)28-18-9-10-19(28)13-16(12-18)15-27-20-6-4-5-7-22(20)30-23-14-17(26)8-11-21(23)27/h4-8,11,14,16,18-19H,9-10,12-13,15H2,1-3H3/t16?,18-,19+. The summed E-state index contributed by atoms with van der Waals surface area (Å²) in [4.78, 5) is 17.2. The smallest absolute Gasteiger partial charge is 0.410 e. The maximum atomic E-state index is 12.8. The molecule has 1 unspecified atom stereocenters. The molecule has 2 saturated heterocycles. The van der Waals surface area contributed by atoms with Crippen LogP contribution in [0.5, 0.6) is 11.5 Å². The number of rotatable bonds is 2. The van der Waals surface area contributed by atoms with E-state index < -0.39 is 5.60 Å². The number of para-hydroxylation sites is 2. The molecule has 5 rings (SSSR count). The van der Waals surface area contributed by atoms with Crippen LogP contribution in [-0.2, 0) is 4.74 Å². The quantitative estimate of drug-likeness (QED) is 0.517. The first-order valence-electron chi connectivity index (χ1n) is 11.1. The highest BCUT2D eigenvalue weighted by Crippen LogP contribution is 2.49. The summed E-state index contributed by atoms with van der Waals surface area (Å²) >= 11 is 6.23. The first-order chi connectivity index (χ1) is 14.8. The van der Waals surface area contributed by atoms with Gasteiger partial charge < -0.3 is 19.3 Å². The Morgan fingerprint density at radius 2 is 1.74 bits per heavy atom. The number of hydrogen-bond acceptors (Lipinski definition) is 4. The Kier molecular flexibility index (Phi) is 5.04. The summed E-state index contributed by atoms with van der Waals surface area (Å²) < 4.78 is 11.8. The van der Waals surface area contributed by atoms with E-state index in [9.17, 15) is 4.79 Å². The number of halogens is 1. The molecule has 2 bridgehead atoms. The van der Waals surface area contributed by atoms with Crippen molar-refractivity contribution in [2.24, 2.45) is 5.92 Å². The largest absolute Gasteiger partial charge is 0.453 e. The van der Waals surface area contributed by atoms with E-state index in [2.05, 4.69) is 11.0 Å². The second kappa shape index (κ2) is 7.63. The monoisotopic (exact) mass is 440 g/mol. The van der Waals surface area contributed by atoms with Gasteiger partial charge in [0.05, 0.1) is 11.4 Å². The lowest BCUT2D eigenvalue weighted by Crippen LogP contribution is -2.49. The van der Waals surface area contributed by atoms with Gasteiger partial charge >= 0.3 is 6.09 Å². The molecular formula is C25H29ClN2O3. The molecule has 2 fully saturated rings. The van der Waals surface area contributed by atoms with Gasteiger partial charge in [0.1, 0.15) is 5.60 Å². The highest BCUT2D eigenvalue weighted by atomic mass is 35.5. The summed E-state index contributed by atoms with van der Waals surface area (Å²) in [5.41, 5.74) is 1.67. The highest BCUT2D eigenvalue weighted by Gasteiger charge is 2.45. The van der Waals surface area contributed by atoms with Crippen LogP contribution >= 0.6 is 11.6 Å². The molecule has 3 atom stereocenters. The molecule has 164 valence electrons. The summed E-state index contributed by atoms with van der Waals surface area (Å²) in [6, 6.07) is 14.5. The van der Waals surface area contributed by atoms with Gasteiger partial charge in [-0.2, -0.15) is 0 Å². The first kappa shape index (κ1) is 20.5. The average molecular weight is 441 g/mol. The van der Waals surface area contributed by atoms with Crippen LogP contribution in [0, 0.1) is 5.92 Å². The molecule has 6 heteroatoms. The van der Waals surface area contributed by atoms with Gasteiger partial charge in [0.2, 0.25) is 0 Å². The van der Waals surface area contributed by atoms with Crippen LogP contribution in [0.25, 0.3) is 0 Å². The molecule has 0 radical (unpaired) electrons. The zero-order valence-corrected chi connectivity index (χ0v) is 19.1. The third-order valence-corrected chi connectivity index (χ3v) is 6.70. The molecule has 0 aliphatic carbocycles. The normalized spacial score (nSPS) is 24.3. The lowest BCUT2D eigenvalue weighted by Gasteiger charge is -2.42. The Morgan fingerprint density at radius 3 is 2.45 bits per heavy atom. The number of hydrogen-bond donors (Lipinski definition) is 0. The molecular weight excluding hydrogens is 412 g/mol. The van der Waals surface area contributed by atoms with E-state index in [-0.39, 0.29) is 18.2 Å². The van der Waals surface area contributed by atoms with E-state index in [1.54, 1.807) is 0 Å². The molecule has 31 heavy (non-hydrogen) atoms. The molecule has 0 saturated carbocycles. The van der Waals surface area contributed by atoms with Gasteiger partial charge in [-0.25, -0.2) is 4.79 Å². The third kappa shape index (κ3) is 3.96. The Morgan fingerprint density at radius 1 is 1.06 bits per heavy atom. The molecule has 2 aromatic rings. The summed E-state index contributed by atoms with van der Waals surface area (Å²) in [6.45, 7) is 6.68. The maximum Gasteiger partial charge on any atom is 0.410 e. The molecule has 5 nitrogen and oxygen atoms in total. The zero-order chi connectivity index (χ0) is 21.8. The molecule has 2 aromatic carbocycles. The van der Waals surface area contributed by atoms with Crippen molar-refractivity contribution in [2.45, 2.75) is 64.1 Å². The maximum absolute atomic E-state index is 12.8. The Labute approximate surface area is 188 Å². The molecule has 1 amide bonds. The van der Waals surface area contributed by atoms with Crippen molar-refractivity contribution < 1.29 is 14.3 Å². The van der Waals surface area contributed by atoms with Crippen LogP contribution in [-0.4, -0.2) is 35.2 Å². The second-order valence-electron chi connectivity index (χ2n) is 9.90. The van der Waals surface area contributed by atoms with Crippen molar-refractivity contribution >= 4 is 29.1 Å². The van der Waals surface area contributed by atoms with E-state index >= 15 is 0 Å². The topological polar surface area (TPSA) is 42.0 Å². The second-order valence-corrected chi connectivity index (χ2v) is 10.3. The van der Waals surface area contributed by atoms with Crippen LogP contribution < -0.4 is 9.64 Å². The molecule has 0 aromatic heterocycles. The van der Waals surface area contributed by atoms with E-state index in [4.69, 9.17) is 21.1 Å². The number of ether oxygens (including phenoxy) is 2. The predicted octanol–water partition coefficient (Wildman–Crippen LogP) is 6.76. The molecule has 0 N–H and O–H groups in total. The van der Waals surface area contributed by atoms with Gasteiger partial charge in [-0.15, -0.1) is 0 Å². The van der Waals surface area contributed by atoms with Gasteiger partial charge in [0, 0.05) is 29.7 Å². The van der Waals surface area contributed by atoms with Crippen molar-refractivity contribution in [3.8, 4) is 11.5 Å². The van der Waals surface area contributed by atoms with Crippen molar-refractivity contribution in [1.82, 2.24) is 4.90 Å². The van der Waals surface area contributed by atoms with E-state index in [0.29, 0.717) is 10.9 Å². The van der Waals surface area contributed by atoms with Gasteiger partial charge in [-0.05, 0) is 76.6 Å². The Bertz CT molecular complexity index is 989. The fourth-order valence-corrected chi connectivity index (χ4v) is 5.48. The lowest BCUT2D eigenvalue weighted by molar-refractivity contribution is 0.00263. The number of piperidine rings is 1. The van der Waals surface area contributed by atoms with Crippen molar-refractivity contribution in [2.75, 3.05) is 11.4 Å². The predicted molar refractivity (Wildman–Crippen MR) is 123 cm³/mol. The SMILES string of the molecule is CC(C)(C)OC(=O)N1[C@@H]2CC[C@H]1CC(CN1c3ccccc3Oc3cc(Cl)ccc31)C2. The van der Waals surface area contributed by atoms with Crippen LogP contribution in [0.1, 0.15) is 46.5 Å². The number of carbonyl (C=O) groups is 1. The van der Waals surface area contributed by atoms with Crippen molar-refractivity contribution in [3.05, 3.63) is 47.5 Å². The molecule has 0 spiro atoms. The number of nitrogens with zero attached hydrogens (tertiary/aromatic N) is 2. The van der Waals surface area contributed by atoms with Crippen molar-refractivity contribution in [1.29, 1.82) is 0 Å². The molecule has 3 aliphatic rings. The molecule has 3 aliphatic heterocycles. The summed E-state index contributed by atoms with van der Waals surface area (Å²) in [5.74, 6) is 2.14. The minimum Gasteiger partial charge on any atom is -0.453 e.